The van der Waals surface area contributed by atoms with E-state index in [9.17, 15) is 8.78 Å². The predicted molar refractivity (Wildman–Crippen MR) is 136 cm³/mol. The minimum atomic E-state index is -0.710. The molecule has 2 saturated carbocycles. The first-order valence-corrected chi connectivity index (χ1v) is 13.7. The largest absolute Gasteiger partial charge is 0.205 e. The van der Waals surface area contributed by atoms with Crippen molar-refractivity contribution in [3.63, 3.8) is 0 Å². The number of hydrogen-bond donors (Lipinski definition) is 0. The zero-order chi connectivity index (χ0) is 23.2. The average molecular weight is 473 g/mol. The molecular weight excluding hydrogens is 434 g/mol. The third kappa shape index (κ3) is 6.59. The molecule has 2 aliphatic rings. The van der Waals surface area contributed by atoms with Crippen molar-refractivity contribution in [3.8, 4) is 11.1 Å². The lowest BCUT2D eigenvalue weighted by molar-refractivity contribution is 0.222. The summed E-state index contributed by atoms with van der Waals surface area (Å²) in [6.45, 7) is 2.31. The molecule has 0 atom stereocenters. The predicted octanol–water partition coefficient (Wildman–Crippen LogP) is 10.3. The fourth-order valence-corrected chi connectivity index (χ4v) is 6.34. The van der Waals surface area contributed by atoms with E-state index in [1.54, 1.807) is 0 Å². The lowest BCUT2D eigenvalue weighted by Gasteiger charge is -2.32. The Balaban J connectivity index is 1.22. The summed E-state index contributed by atoms with van der Waals surface area (Å²) in [7, 11) is 0. The van der Waals surface area contributed by atoms with E-state index in [1.165, 1.54) is 101 Å². The number of hydrogen-bond acceptors (Lipinski definition) is 0. The zero-order valence-corrected chi connectivity index (χ0v) is 20.9. The van der Waals surface area contributed by atoms with Gasteiger partial charge in [0.1, 0.15) is 16.7 Å². The summed E-state index contributed by atoms with van der Waals surface area (Å²) in [5, 5.41) is -0.438. The van der Waals surface area contributed by atoms with Gasteiger partial charge >= 0.3 is 0 Å². The van der Waals surface area contributed by atoms with Crippen LogP contribution in [0.25, 0.3) is 11.1 Å². The smallest absolute Gasteiger partial charge is 0.145 e. The van der Waals surface area contributed by atoms with E-state index in [1.807, 2.05) is 12.1 Å². The number of benzene rings is 2. The quantitative estimate of drug-likeness (QED) is 0.335. The molecule has 0 radical (unpaired) electrons. The highest BCUT2D eigenvalue weighted by molar-refractivity contribution is 6.31. The van der Waals surface area contributed by atoms with Crippen molar-refractivity contribution in [1.82, 2.24) is 0 Å². The van der Waals surface area contributed by atoms with Gasteiger partial charge in [0, 0.05) is 0 Å². The van der Waals surface area contributed by atoms with Gasteiger partial charge in [-0.2, -0.15) is 0 Å². The van der Waals surface area contributed by atoms with Gasteiger partial charge < -0.3 is 0 Å². The Bertz CT molecular complexity index is 852. The van der Waals surface area contributed by atoms with Crippen LogP contribution in [-0.2, 0) is 0 Å². The monoisotopic (exact) mass is 472 g/mol. The van der Waals surface area contributed by atoms with Crippen molar-refractivity contribution in [3.05, 3.63) is 58.6 Å². The highest BCUT2D eigenvalue weighted by atomic mass is 35.5. The molecule has 3 heteroatoms. The zero-order valence-electron chi connectivity index (χ0n) is 20.1. The highest BCUT2D eigenvalue weighted by Crippen LogP contribution is 2.40. The lowest BCUT2D eigenvalue weighted by Crippen LogP contribution is -2.17. The van der Waals surface area contributed by atoms with Gasteiger partial charge in [0.15, 0.2) is 0 Å². The van der Waals surface area contributed by atoms with Crippen LogP contribution in [0.1, 0.15) is 102 Å². The average Bonchev–Trinajstić information content (AvgIpc) is 2.85. The van der Waals surface area contributed by atoms with E-state index in [0.717, 1.165) is 23.3 Å². The Morgan fingerprint density at radius 2 is 1.18 bits per heavy atom. The first-order valence-electron chi connectivity index (χ1n) is 13.3. The van der Waals surface area contributed by atoms with Gasteiger partial charge in [-0.15, -0.1) is 0 Å². The Morgan fingerprint density at radius 1 is 0.697 bits per heavy atom. The summed E-state index contributed by atoms with van der Waals surface area (Å²) in [5.74, 6) is 2.09. The summed E-state index contributed by atoms with van der Waals surface area (Å²) in [6, 6.07) is 10.9. The highest BCUT2D eigenvalue weighted by Gasteiger charge is 2.25. The summed E-state index contributed by atoms with van der Waals surface area (Å²) >= 11 is 5.61. The Labute approximate surface area is 204 Å². The van der Waals surface area contributed by atoms with E-state index in [-0.39, 0.29) is 0 Å². The Kier molecular flexibility index (Phi) is 8.85. The number of unbranched alkanes of at least 4 members (excludes halogenated alkanes) is 1. The molecule has 2 fully saturated rings. The van der Waals surface area contributed by atoms with Gasteiger partial charge in [-0.05, 0) is 78.2 Å². The van der Waals surface area contributed by atoms with Gasteiger partial charge in [0.2, 0.25) is 0 Å². The Morgan fingerprint density at radius 3 is 1.70 bits per heavy atom. The molecule has 0 amide bonds. The summed E-state index contributed by atoms with van der Waals surface area (Å²) in [5.41, 5.74) is 2.72. The van der Waals surface area contributed by atoms with Gasteiger partial charge in [0.05, 0.1) is 0 Å². The SMILES string of the molecule is CCCC[C@H]1CC[C@H](CC[C@H]2CC[C@H](c3ccc(-c4cc(F)c(Cl)c(F)c4)cc3)CC2)CC1. The van der Waals surface area contributed by atoms with Crippen LogP contribution >= 0.6 is 11.6 Å². The van der Waals surface area contributed by atoms with Crippen molar-refractivity contribution < 1.29 is 8.78 Å². The minimum Gasteiger partial charge on any atom is -0.205 e. The van der Waals surface area contributed by atoms with Crippen molar-refractivity contribution in [2.45, 2.75) is 96.3 Å². The first-order chi connectivity index (χ1) is 16.0. The molecule has 0 aliphatic heterocycles. The third-order valence-corrected chi connectivity index (χ3v) is 8.82. The second-order valence-electron chi connectivity index (χ2n) is 10.7. The molecular formula is C30H39ClF2. The van der Waals surface area contributed by atoms with E-state index in [4.69, 9.17) is 11.6 Å². The summed E-state index contributed by atoms with van der Waals surface area (Å²) in [4.78, 5) is 0. The van der Waals surface area contributed by atoms with E-state index >= 15 is 0 Å². The van der Waals surface area contributed by atoms with Crippen molar-refractivity contribution in [1.29, 1.82) is 0 Å². The second-order valence-corrected chi connectivity index (χ2v) is 11.1. The maximum Gasteiger partial charge on any atom is 0.145 e. The second kappa shape index (κ2) is 11.8. The molecule has 2 aromatic rings. The molecule has 0 N–H and O–H groups in total. The van der Waals surface area contributed by atoms with Gasteiger partial charge in [-0.1, -0.05) is 101 Å². The first kappa shape index (κ1) is 24.7. The fourth-order valence-electron chi connectivity index (χ4n) is 6.23. The van der Waals surface area contributed by atoms with Crippen LogP contribution in [0.15, 0.2) is 36.4 Å². The molecule has 33 heavy (non-hydrogen) atoms. The van der Waals surface area contributed by atoms with Crippen LogP contribution in [0.4, 0.5) is 8.78 Å². The third-order valence-electron chi connectivity index (χ3n) is 8.46. The molecule has 0 aromatic heterocycles. The van der Waals surface area contributed by atoms with Gasteiger partial charge in [-0.3, -0.25) is 0 Å². The van der Waals surface area contributed by atoms with Gasteiger partial charge in [0.25, 0.3) is 0 Å². The minimum absolute atomic E-state index is 0.438. The molecule has 0 saturated heterocycles. The standard InChI is InChI=1S/C30H39ClF2/c1-2-3-4-21-5-7-22(8-6-21)9-10-23-11-13-24(14-12-23)25-15-17-26(18-16-25)27-19-28(32)30(31)29(33)20-27/h15-24H,2-14H2,1H3/t21-,22-,23-,24-. The lowest BCUT2D eigenvalue weighted by atomic mass is 9.74. The molecule has 0 heterocycles. The molecule has 0 nitrogen and oxygen atoms in total. The van der Waals surface area contributed by atoms with Crippen molar-refractivity contribution in [2.75, 3.05) is 0 Å². The summed E-state index contributed by atoms with van der Waals surface area (Å²) in [6.07, 6.45) is 18.2. The van der Waals surface area contributed by atoms with Crippen LogP contribution in [0.5, 0.6) is 0 Å². The molecule has 0 unspecified atom stereocenters. The van der Waals surface area contributed by atoms with Crippen LogP contribution in [0.2, 0.25) is 5.02 Å². The van der Waals surface area contributed by atoms with Crippen molar-refractivity contribution >= 4 is 11.6 Å². The van der Waals surface area contributed by atoms with Crippen LogP contribution in [0, 0.1) is 29.4 Å². The molecule has 0 bridgehead atoms. The molecule has 0 spiro atoms. The maximum atomic E-state index is 13.8. The topological polar surface area (TPSA) is 0 Å². The van der Waals surface area contributed by atoms with E-state index in [2.05, 4.69) is 19.1 Å². The van der Waals surface area contributed by atoms with Crippen LogP contribution in [0.3, 0.4) is 0 Å². The van der Waals surface area contributed by atoms with E-state index in [0.29, 0.717) is 11.5 Å². The molecule has 4 rings (SSSR count). The Hall–Kier alpha value is -1.41. The normalized spacial score (nSPS) is 25.8. The van der Waals surface area contributed by atoms with Crippen LogP contribution < -0.4 is 0 Å². The number of halogens is 3. The summed E-state index contributed by atoms with van der Waals surface area (Å²) < 4.78 is 27.6. The molecule has 180 valence electrons. The van der Waals surface area contributed by atoms with Crippen molar-refractivity contribution in [2.24, 2.45) is 17.8 Å². The number of rotatable bonds is 8. The van der Waals surface area contributed by atoms with E-state index < -0.39 is 16.7 Å². The fraction of sp³-hybridized carbons (Fsp3) is 0.600. The molecule has 2 aliphatic carbocycles. The maximum absolute atomic E-state index is 13.8. The van der Waals surface area contributed by atoms with Gasteiger partial charge in [-0.25, -0.2) is 8.78 Å². The van der Waals surface area contributed by atoms with Crippen LogP contribution in [-0.4, -0.2) is 0 Å². The molecule has 2 aromatic carbocycles.